The third kappa shape index (κ3) is 3.98. The van der Waals surface area contributed by atoms with E-state index in [9.17, 15) is 9.59 Å². The number of methoxy groups -OCH3 is 2. The van der Waals surface area contributed by atoms with Crippen molar-refractivity contribution in [3.05, 3.63) is 70.0 Å². The highest BCUT2D eigenvalue weighted by Gasteiger charge is 2.25. The van der Waals surface area contributed by atoms with Crippen molar-refractivity contribution in [2.24, 2.45) is 0 Å². The maximum atomic E-state index is 12.4. The Kier molecular flexibility index (Phi) is 5.92. The number of halogens is 2. The van der Waals surface area contributed by atoms with E-state index in [1.165, 1.54) is 14.2 Å². The molecule has 0 aliphatic heterocycles. The Morgan fingerprint density at radius 2 is 1.00 bits per heavy atom. The van der Waals surface area contributed by atoms with E-state index in [2.05, 4.69) is 9.97 Å². The number of hydrogen-bond donors (Lipinski definition) is 0. The average Bonchev–Trinajstić information content (AvgIpc) is 2.73. The van der Waals surface area contributed by atoms with Crippen LogP contribution in [0.2, 0.25) is 10.0 Å². The molecule has 3 rings (SSSR count). The van der Waals surface area contributed by atoms with Crippen molar-refractivity contribution in [3.8, 4) is 22.5 Å². The number of nitrogens with zero attached hydrogens (tertiary/aromatic N) is 2. The summed E-state index contributed by atoms with van der Waals surface area (Å²) in [6.07, 6.45) is 0. The molecule has 0 atom stereocenters. The van der Waals surface area contributed by atoms with Crippen LogP contribution in [0.15, 0.2) is 48.5 Å². The Morgan fingerprint density at radius 1 is 0.679 bits per heavy atom. The van der Waals surface area contributed by atoms with Crippen LogP contribution in [0.1, 0.15) is 21.0 Å². The van der Waals surface area contributed by atoms with Crippen LogP contribution in [0.25, 0.3) is 22.5 Å². The van der Waals surface area contributed by atoms with Gasteiger partial charge in [0, 0.05) is 21.2 Å². The lowest BCUT2D eigenvalue weighted by Gasteiger charge is -2.13. The molecule has 2 aromatic carbocycles. The van der Waals surface area contributed by atoms with E-state index in [1.807, 2.05) is 0 Å². The van der Waals surface area contributed by atoms with Gasteiger partial charge in [-0.3, -0.25) is 0 Å². The minimum absolute atomic E-state index is 0.0394. The van der Waals surface area contributed by atoms with E-state index in [-0.39, 0.29) is 22.8 Å². The summed E-state index contributed by atoms with van der Waals surface area (Å²) in [6.45, 7) is 0. The van der Waals surface area contributed by atoms with Gasteiger partial charge in [-0.25, -0.2) is 19.6 Å². The van der Waals surface area contributed by atoms with Gasteiger partial charge in [0.15, 0.2) is 11.4 Å². The zero-order valence-corrected chi connectivity index (χ0v) is 16.4. The predicted octanol–water partition coefficient (Wildman–Crippen LogP) is 4.69. The van der Waals surface area contributed by atoms with Crippen LogP contribution in [0.3, 0.4) is 0 Å². The lowest BCUT2D eigenvalue weighted by molar-refractivity contribution is 0.0577. The third-order valence-electron chi connectivity index (χ3n) is 3.89. The fourth-order valence-electron chi connectivity index (χ4n) is 2.53. The van der Waals surface area contributed by atoms with E-state index in [4.69, 9.17) is 32.7 Å². The van der Waals surface area contributed by atoms with Crippen molar-refractivity contribution in [1.82, 2.24) is 9.97 Å². The summed E-state index contributed by atoms with van der Waals surface area (Å²) in [5.74, 6) is -1.38. The summed E-state index contributed by atoms with van der Waals surface area (Å²) < 4.78 is 9.71. The normalized spacial score (nSPS) is 10.4. The van der Waals surface area contributed by atoms with E-state index in [0.717, 1.165) is 0 Å². The summed E-state index contributed by atoms with van der Waals surface area (Å²) in [5.41, 5.74) is 1.38. The molecule has 0 aliphatic carbocycles. The molecule has 142 valence electrons. The second-order valence-electron chi connectivity index (χ2n) is 5.61. The molecule has 0 unspecified atom stereocenters. The number of rotatable bonds is 4. The molecule has 0 saturated carbocycles. The molecule has 6 nitrogen and oxygen atoms in total. The zero-order valence-electron chi connectivity index (χ0n) is 14.9. The summed E-state index contributed by atoms with van der Waals surface area (Å²) >= 11 is 11.9. The Morgan fingerprint density at radius 3 is 1.29 bits per heavy atom. The minimum atomic E-state index is -0.691. The molecule has 3 aromatic rings. The number of carbonyl (C=O) groups excluding carboxylic acids is 2. The minimum Gasteiger partial charge on any atom is -0.464 e. The number of carbonyl (C=O) groups is 2. The largest absolute Gasteiger partial charge is 0.464 e. The first kappa shape index (κ1) is 19.8. The Hall–Kier alpha value is -2.96. The molecular weight excluding hydrogens is 403 g/mol. The highest BCUT2D eigenvalue weighted by molar-refractivity contribution is 6.31. The second kappa shape index (κ2) is 8.37. The Bertz CT molecular complexity index is 950. The van der Waals surface area contributed by atoms with Crippen LogP contribution >= 0.6 is 23.2 Å². The molecule has 1 aromatic heterocycles. The number of benzene rings is 2. The van der Waals surface area contributed by atoms with Gasteiger partial charge in [0.25, 0.3) is 0 Å². The highest BCUT2D eigenvalue weighted by Crippen LogP contribution is 2.29. The van der Waals surface area contributed by atoms with Gasteiger partial charge >= 0.3 is 11.9 Å². The highest BCUT2D eigenvalue weighted by atomic mass is 35.5. The van der Waals surface area contributed by atoms with Gasteiger partial charge in [0.2, 0.25) is 0 Å². The van der Waals surface area contributed by atoms with Crippen molar-refractivity contribution in [2.75, 3.05) is 14.2 Å². The maximum Gasteiger partial charge on any atom is 0.358 e. The van der Waals surface area contributed by atoms with Crippen LogP contribution < -0.4 is 0 Å². The van der Waals surface area contributed by atoms with Gasteiger partial charge in [-0.2, -0.15) is 0 Å². The first-order chi connectivity index (χ1) is 13.4. The molecule has 28 heavy (non-hydrogen) atoms. The van der Waals surface area contributed by atoms with Crippen LogP contribution in [0.5, 0.6) is 0 Å². The average molecular weight is 417 g/mol. The summed E-state index contributed by atoms with van der Waals surface area (Å²) in [4.78, 5) is 33.5. The molecule has 1 heterocycles. The van der Waals surface area contributed by atoms with E-state index in [0.29, 0.717) is 21.2 Å². The molecule has 0 radical (unpaired) electrons. The topological polar surface area (TPSA) is 78.4 Å². The molecule has 0 N–H and O–H groups in total. The quantitative estimate of drug-likeness (QED) is 0.573. The molecule has 0 aliphatic rings. The molecule has 0 amide bonds. The van der Waals surface area contributed by atoms with E-state index in [1.54, 1.807) is 48.5 Å². The molecule has 0 saturated heterocycles. The van der Waals surface area contributed by atoms with E-state index >= 15 is 0 Å². The van der Waals surface area contributed by atoms with Gasteiger partial charge in [-0.15, -0.1) is 0 Å². The van der Waals surface area contributed by atoms with Crippen molar-refractivity contribution < 1.29 is 19.1 Å². The van der Waals surface area contributed by atoms with Gasteiger partial charge in [0.05, 0.1) is 14.2 Å². The number of ether oxygens (including phenoxy) is 2. The predicted molar refractivity (Wildman–Crippen MR) is 106 cm³/mol. The van der Waals surface area contributed by atoms with Gasteiger partial charge in [-0.05, 0) is 24.3 Å². The van der Waals surface area contributed by atoms with Crippen LogP contribution in [0, 0.1) is 0 Å². The first-order valence-corrected chi connectivity index (χ1v) is 8.80. The van der Waals surface area contributed by atoms with Crippen molar-refractivity contribution in [1.29, 1.82) is 0 Å². The monoisotopic (exact) mass is 416 g/mol. The first-order valence-electron chi connectivity index (χ1n) is 8.05. The van der Waals surface area contributed by atoms with Crippen molar-refractivity contribution in [3.63, 3.8) is 0 Å². The van der Waals surface area contributed by atoms with Crippen molar-refractivity contribution in [2.45, 2.75) is 0 Å². The van der Waals surface area contributed by atoms with Crippen molar-refractivity contribution >= 4 is 35.1 Å². The Labute approximate surface area is 171 Å². The van der Waals surface area contributed by atoms with Gasteiger partial charge < -0.3 is 9.47 Å². The zero-order chi connectivity index (χ0) is 20.3. The van der Waals surface area contributed by atoms with Gasteiger partial charge in [0.1, 0.15) is 11.4 Å². The fraction of sp³-hybridized carbons (Fsp3) is 0.100. The number of esters is 2. The molecule has 0 bridgehead atoms. The van der Waals surface area contributed by atoms with Crippen LogP contribution in [0.4, 0.5) is 0 Å². The molecule has 0 spiro atoms. The maximum absolute atomic E-state index is 12.4. The number of aromatic nitrogens is 2. The fourth-order valence-corrected chi connectivity index (χ4v) is 2.78. The smallest absolute Gasteiger partial charge is 0.358 e. The summed E-state index contributed by atoms with van der Waals surface area (Å²) in [7, 11) is 2.48. The van der Waals surface area contributed by atoms with Crippen LogP contribution in [-0.2, 0) is 9.47 Å². The molecule has 8 heteroatoms. The standard InChI is InChI=1S/C20H14Cl2N2O4/c1-27-19(25)17-15(11-3-7-13(21)8-4-11)24-18(20(26)28-2)16(23-17)12-5-9-14(22)10-6-12/h3-10H,1-2H3. The molecular formula is C20H14Cl2N2O4. The summed E-state index contributed by atoms with van der Waals surface area (Å²) in [5, 5.41) is 1.03. The lowest BCUT2D eigenvalue weighted by atomic mass is 10.1. The van der Waals surface area contributed by atoms with E-state index < -0.39 is 11.9 Å². The summed E-state index contributed by atoms with van der Waals surface area (Å²) in [6, 6.07) is 13.2. The van der Waals surface area contributed by atoms with Crippen LogP contribution in [-0.4, -0.2) is 36.1 Å². The molecule has 0 fully saturated rings. The Balaban J connectivity index is 2.31. The van der Waals surface area contributed by atoms with Gasteiger partial charge in [-0.1, -0.05) is 47.5 Å². The third-order valence-corrected chi connectivity index (χ3v) is 4.39. The second-order valence-corrected chi connectivity index (χ2v) is 6.49. The SMILES string of the molecule is COC(=O)c1nc(-c2ccc(Cl)cc2)c(C(=O)OC)nc1-c1ccc(Cl)cc1. The number of hydrogen-bond acceptors (Lipinski definition) is 6. The lowest BCUT2D eigenvalue weighted by Crippen LogP contribution is -2.15.